The van der Waals surface area contributed by atoms with E-state index in [9.17, 15) is 14.4 Å². The van der Waals surface area contributed by atoms with Crippen LogP contribution in [0.25, 0.3) is 6.08 Å². The molecule has 1 aromatic heterocycles. The van der Waals surface area contributed by atoms with E-state index in [-0.39, 0.29) is 30.8 Å². The van der Waals surface area contributed by atoms with E-state index in [0.717, 1.165) is 41.7 Å². The highest BCUT2D eigenvalue weighted by Crippen LogP contribution is 2.39. The molecule has 2 aliphatic rings. The Balaban J connectivity index is 1.36. The van der Waals surface area contributed by atoms with Crippen LogP contribution in [0.15, 0.2) is 23.1 Å². The SMILES string of the molecule is CCOC(=O)c1c(NC(=O)CCCN2C(=O)C(=Cc3ccc(OC)c(OC)c3)SC2=S)sc2c1CCCC2. The van der Waals surface area contributed by atoms with Gasteiger partial charge in [-0.15, -0.1) is 11.3 Å². The molecule has 0 atom stereocenters. The molecular weight excluding hydrogens is 545 g/mol. The maximum Gasteiger partial charge on any atom is 0.341 e. The summed E-state index contributed by atoms with van der Waals surface area (Å²) in [5, 5.41) is 3.48. The van der Waals surface area contributed by atoms with Gasteiger partial charge < -0.3 is 19.5 Å². The number of esters is 1. The third-order valence-electron chi connectivity index (χ3n) is 6.27. The lowest BCUT2D eigenvalue weighted by atomic mass is 9.95. The van der Waals surface area contributed by atoms with Gasteiger partial charge in [0.2, 0.25) is 5.91 Å². The number of nitrogens with zero attached hydrogens (tertiary/aromatic N) is 1. The fourth-order valence-electron chi connectivity index (χ4n) is 4.45. The van der Waals surface area contributed by atoms with Crippen LogP contribution in [0.3, 0.4) is 0 Å². The summed E-state index contributed by atoms with van der Waals surface area (Å²) in [5.41, 5.74) is 2.30. The van der Waals surface area contributed by atoms with Gasteiger partial charge in [-0.2, -0.15) is 0 Å². The smallest absolute Gasteiger partial charge is 0.341 e. The number of aryl methyl sites for hydroxylation is 1. The van der Waals surface area contributed by atoms with Crippen molar-refractivity contribution in [3.63, 3.8) is 0 Å². The summed E-state index contributed by atoms with van der Waals surface area (Å²) >= 11 is 8.13. The Morgan fingerprint density at radius 2 is 1.92 bits per heavy atom. The molecule has 0 saturated carbocycles. The zero-order chi connectivity index (χ0) is 27.2. The Morgan fingerprint density at radius 3 is 2.66 bits per heavy atom. The third-order valence-corrected chi connectivity index (χ3v) is 8.85. The number of fused-ring (bicyclic) bond motifs is 1. The quantitative estimate of drug-likeness (QED) is 0.228. The molecule has 202 valence electrons. The minimum atomic E-state index is -0.388. The summed E-state index contributed by atoms with van der Waals surface area (Å²) < 4.78 is 16.3. The Kier molecular flexibility index (Phi) is 9.45. The maximum atomic E-state index is 13.0. The van der Waals surface area contributed by atoms with Crippen molar-refractivity contribution in [3.8, 4) is 11.5 Å². The molecule has 11 heteroatoms. The number of amides is 2. The molecule has 8 nitrogen and oxygen atoms in total. The van der Waals surface area contributed by atoms with Crippen LogP contribution >= 0.6 is 35.3 Å². The molecule has 0 bridgehead atoms. The van der Waals surface area contributed by atoms with Gasteiger partial charge in [-0.3, -0.25) is 14.5 Å². The van der Waals surface area contributed by atoms with Crippen LogP contribution in [0.2, 0.25) is 0 Å². The van der Waals surface area contributed by atoms with Crippen LogP contribution in [-0.2, 0) is 27.2 Å². The first-order valence-electron chi connectivity index (χ1n) is 12.4. The van der Waals surface area contributed by atoms with Crippen LogP contribution in [0.4, 0.5) is 5.00 Å². The first-order valence-corrected chi connectivity index (χ1v) is 14.5. The van der Waals surface area contributed by atoms with E-state index < -0.39 is 0 Å². The molecule has 38 heavy (non-hydrogen) atoms. The van der Waals surface area contributed by atoms with Crippen molar-refractivity contribution in [2.24, 2.45) is 0 Å². The topological polar surface area (TPSA) is 94.2 Å². The number of hydrogen-bond donors (Lipinski definition) is 1. The van der Waals surface area contributed by atoms with Crippen molar-refractivity contribution in [3.05, 3.63) is 44.7 Å². The van der Waals surface area contributed by atoms with Crippen LogP contribution in [-0.4, -0.2) is 54.4 Å². The van der Waals surface area contributed by atoms with Crippen LogP contribution in [0, 0.1) is 0 Å². The van der Waals surface area contributed by atoms with Gasteiger partial charge in [0.15, 0.2) is 11.5 Å². The van der Waals surface area contributed by atoms with Gasteiger partial charge in [-0.05, 0) is 68.4 Å². The average molecular weight is 575 g/mol. The van der Waals surface area contributed by atoms with Gasteiger partial charge in [-0.25, -0.2) is 4.79 Å². The maximum absolute atomic E-state index is 13.0. The molecule has 1 N–H and O–H groups in total. The largest absolute Gasteiger partial charge is 0.493 e. The first kappa shape index (κ1) is 28.1. The van der Waals surface area contributed by atoms with Crippen molar-refractivity contribution < 1.29 is 28.6 Å². The van der Waals surface area contributed by atoms with E-state index in [0.29, 0.717) is 44.3 Å². The van der Waals surface area contributed by atoms with E-state index in [4.69, 9.17) is 26.4 Å². The highest BCUT2D eigenvalue weighted by molar-refractivity contribution is 8.26. The Labute approximate surface area is 235 Å². The Bertz CT molecular complexity index is 1290. The normalized spacial score (nSPS) is 16.0. The molecular formula is C27H30N2O6S3. The minimum Gasteiger partial charge on any atom is -0.493 e. The number of carbonyl (C=O) groups excluding carboxylic acids is 3. The number of rotatable bonds is 10. The number of carbonyl (C=O) groups is 3. The molecule has 0 radical (unpaired) electrons. The lowest BCUT2D eigenvalue weighted by Gasteiger charge is -2.14. The highest BCUT2D eigenvalue weighted by Gasteiger charge is 2.32. The number of ether oxygens (including phenoxy) is 3. The second-order valence-corrected chi connectivity index (χ2v) is 11.5. The average Bonchev–Trinajstić information content (AvgIpc) is 3.40. The molecule has 0 spiro atoms. The Morgan fingerprint density at radius 1 is 1.16 bits per heavy atom. The lowest BCUT2D eigenvalue weighted by molar-refractivity contribution is -0.122. The monoisotopic (exact) mass is 574 g/mol. The summed E-state index contributed by atoms with van der Waals surface area (Å²) in [5.74, 6) is 0.389. The van der Waals surface area contributed by atoms with Gasteiger partial charge in [0.05, 0.1) is 31.3 Å². The van der Waals surface area contributed by atoms with E-state index in [1.807, 2.05) is 6.07 Å². The number of methoxy groups -OCH3 is 2. The Hall–Kier alpha value is -2.89. The number of thioether (sulfide) groups is 1. The molecule has 1 aliphatic heterocycles. The zero-order valence-corrected chi connectivity index (χ0v) is 24.0. The fourth-order valence-corrected chi connectivity index (χ4v) is 7.05. The molecule has 1 saturated heterocycles. The number of benzene rings is 1. The summed E-state index contributed by atoms with van der Waals surface area (Å²) in [4.78, 5) is 41.6. The number of thiophene rings is 1. The van der Waals surface area contributed by atoms with Crippen LogP contribution < -0.4 is 14.8 Å². The van der Waals surface area contributed by atoms with Crippen LogP contribution in [0.1, 0.15) is 59.0 Å². The standard InChI is InChI=1S/C27H30N2O6S3/c1-4-35-26(32)23-17-8-5-6-9-20(17)37-24(23)28-22(30)10-7-13-29-25(31)21(38-27(29)36)15-16-11-12-18(33-2)19(14-16)34-3/h11-12,14-15H,4-10,13H2,1-3H3,(H,28,30). The number of thiocarbonyl (C=S) groups is 1. The molecule has 2 heterocycles. The number of anilines is 1. The molecule has 1 aromatic carbocycles. The van der Waals surface area contributed by atoms with Gasteiger partial charge in [0.1, 0.15) is 9.32 Å². The molecule has 2 amide bonds. The van der Waals surface area contributed by atoms with Gasteiger partial charge in [0, 0.05) is 17.8 Å². The van der Waals surface area contributed by atoms with E-state index >= 15 is 0 Å². The van der Waals surface area contributed by atoms with Crippen molar-refractivity contribution in [1.82, 2.24) is 4.90 Å². The number of hydrogen-bond acceptors (Lipinski definition) is 9. The van der Waals surface area contributed by atoms with Gasteiger partial charge in [-0.1, -0.05) is 30.0 Å². The van der Waals surface area contributed by atoms with Gasteiger partial charge >= 0.3 is 5.97 Å². The minimum absolute atomic E-state index is 0.189. The second-order valence-electron chi connectivity index (χ2n) is 8.73. The van der Waals surface area contributed by atoms with E-state index in [1.165, 1.54) is 28.0 Å². The van der Waals surface area contributed by atoms with E-state index in [2.05, 4.69) is 5.32 Å². The van der Waals surface area contributed by atoms with Gasteiger partial charge in [0.25, 0.3) is 5.91 Å². The van der Waals surface area contributed by atoms with Crippen LogP contribution in [0.5, 0.6) is 11.5 Å². The van der Waals surface area contributed by atoms with Crippen molar-refractivity contribution in [2.45, 2.75) is 45.4 Å². The molecule has 4 rings (SSSR count). The second kappa shape index (κ2) is 12.8. The summed E-state index contributed by atoms with van der Waals surface area (Å²) in [6, 6.07) is 5.41. The summed E-state index contributed by atoms with van der Waals surface area (Å²) in [7, 11) is 3.12. The van der Waals surface area contributed by atoms with Crippen molar-refractivity contribution >= 4 is 68.5 Å². The summed E-state index contributed by atoms with van der Waals surface area (Å²) in [6.45, 7) is 2.37. The number of nitrogens with one attached hydrogen (secondary N) is 1. The van der Waals surface area contributed by atoms with Crippen molar-refractivity contribution in [2.75, 3.05) is 32.7 Å². The molecule has 0 unspecified atom stereocenters. The zero-order valence-electron chi connectivity index (χ0n) is 21.6. The fraction of sp³-hybridized carbons (Fsp3) is 0.407. The van der Waals surface area contributed by atoms with E-state index in [1.54, 1.807) is 39.4 Å². The molecule has 1 aliphatic carbocycles. The molecule has 2 aromatic rings. The molecule has 1 fully saturated rings. The highest BCUT2D eigenvalue weighted by atomic mass is 32.2. The third kappa shape index (κ3) is 6.22. The lowest BCUT2D eigenvalue weighted by Crippen LogP contribution is -2.29. The predicted octanol–water partition coefficient (Wildman–Crippen LogP) is 5.44. The van der Waals surface area contributed by atoms with Crippen molar-refractivity contribution in [1.29, 1.82) is 0 Å². The summed E-state index contributed by atoms with van der Waals surface area (Å²) in [6.07, 6.45) is 6.22. The first-order chi connectivity index (χ1) is 18.4. The predicted molar refractivity (Wildman–Crippen MR) is 154 cm³/mol.